The summed E-state index contributed by atoms with van der Waals surface area (Å²) in [6, 6.07) is 8.87. The maximum Gasteiger partial charge on any atom is 0.0414 e. The average Bonchev–Trinajstić information content (AvgIpc) is 2.40. The van der Waals surface area contributed by atoms with E-state index < -0.39 is 0 Å². The number of anilines is 1. The largest absolute Gasteiger partial charge is 0.371 e. The van der Waals surface area contributed by atoms with Crippen LogP contribution in [0.3, 0.4) is 0 Å². The smallest absolute Gasteiger partial charge is 0.0414 e. The highest BCUT2D eigenvalue weighted by atomic mass is 15.1. The molecule has 0 saturated carbocycles. The summed E-state index contributed by atoms with van der Waals surface area (Å²) >= 11 is 0. The minimum absolute atomic E-state index is 0.186. The number of benzene rings is 1. The summed E-state index contributed by atoms with van der Waals surface area (Å²) in [7, 11) is 0. The van der Waals surface area contributed by atoms with Crippen molar-refractivity contribution in [2.75, 3.05) is 18.0 Å². The molecule has 1 unspecified atom stereocenters. The molecule has 2 N–H and O–H groups in total. The van der Waals surface area contributed by atoms with Crippen molar-refractivity contribution < 1.29 is 0 Å². The van der Waals surface area contributed by atoms with Gasteiger partial charge in [0.1, 0.15) is 0 Å². The maximum absolute atomic E-state index is 6.31. The quantitative estimate of drug-likeness (QED) is 0.877. The van der Waals surface area contributed by atoms with Crippen LogP contribution in [0.5, 0.6) is 0 Å². The second-order valence-electron chi connectivity index (χ2n) is 5.62. The molecular weight excluding hydrogens is 220 g/mol. The van der Waals surface area contributed by atoms with Crippen molar-refractivity contribution in [3.8, 4) is 0 Å². The van der Waals surface area contributed by atoms with E-state index in [4.69, 9.17) is 5.73 Å². The molecule has 2 rings (SSSR count). The van der Waals surface area contributed by atoms with E-state index in [0.717, 1.165) is 18.8 Å². The van der Waals surface area contributed by atoms with Crippen molar-refractivity contribution in [2.45, 2.75) is 45.6 Å². The Morgan fingerprint density at radius 2 is 1.94 bits per heavy atom. The zero-order valence-corrected chi connectivity index (χ0v) is 11.7. The molecule has 1 fully saturated rings. The van der Waals surface area contributed by atoms with Crippen LogP contribution in [0.1, 0.15) is 51.1 Å². The highest BCUT2D eigenvalue weighted by Gasteiger charge is 2.19. The van der Waals surface area contributed by atoms with E-state index in [1.807, 2.05) is 0 Å². The minimum atomic E-state index is 0.186. The number of nitrogens with zero attached hydrogens (tertiary/aromatic N) is 1. The molecule has 2 nitrogen and oxygen atoms in total. The van der Waals surface area contributed by atoms with Crippen LogP contribution in [0.2, 0.25) is 0 Å². The van der Waals surface area contributed by atoms with Crippen LogP contribution in [0, 0.1) is 5.92 Å². The Bertz CT molecular complexity index is 367. The molecule has 1 aromatic rings. The van der Waals surface area contributed by atoms with Gasteiger partial charge in [-0.1, -0.05) is 38.5 Å². The van der Waals surface area contributed by atoms with Gasteiger partial charge >= 0.3 is 0 Å². The lowest BCUT2D eigenvalue weighted by molar-refractivity contribution is 0.437. The summed E-state index contributed by atoms with van der Waals surface area (Å²) in [5.41, 5.74) is 9.01. The van der Waals surface area contributed by atoms with Gasteiger partial charge < -0.3 is 10.6 Å². The Balaban J connectivity index is 2.16. The third-order valence-corrected chi connectivity index (χ3v) is 4.06. The van der Waals surface area contributed by atoms with Gasteiger partial charge in [0.05, 0.1) is 0 Å². The standard InChI is InChI=1S/C16H26N2/c1-3-6-15(17)14-7-4-5-8-16(14)18-11-9-13(2)10-12-18/h4-5,7-8,13,15H,3,6,9-12,17H2,1-2H3. The number of hydrogen-bond donors (Lipinski definition) is 1. The van der Waals surface area contributed by atoms with Crippen LogP contribution in [0.15, 0.2) is 24.3 Å². The van der Waals surface area contributed by atoms with Gasteiger partial charge in [0.2, 0.25) is 0 Å². The first-order valence-corrected chi connectivity index (χ1v) is 7.31. The molecule has 2 heteroatoms. The predicted molar refractivity (Wildman–Crippen MR) is 78.9 cm³/mol. The van der Waals surface area contributed by atoms with Gasteiger partial charge in [-0.3, -0.25) is 0 Å². The van der Waals surface area contributed by atoms with Crippen molar-refractivity contribution in [3.05, 3.63) is 29.8 Å². The highest BCUT2D eigenvalue weighted by Crippen LogP contribution is 2.30. The number of nitrogens with two attached hydrogens (primary N) is 1. The van der Waals surface area contributed by atoms with Gasteiger partial charge in [-0.25, -0.2) is 0 Å². The molecular formula is C16H26N2. The molecule has 1 saturated heterocycles. The summed E-state index contributed by atoms with van der Waals surface area (Å²) in [5, 5.41) is 0. The predicted octanol–water partition coefficient (Wildman–Crippen LogP) is 3.72. The van der Waals surface area contributed by atoms with Gasteiger partial charge in [0, 0.05) is 24.8 Å². The number of rotatable bonds is 4. The second-order valence-corrected chi connectivity index (χ2v) is 5.62. The van der Waals surface area contributed by atoms with Crippen molar-refractivity contribution in [1.82, 2.24) is 0 Å². The summed E-state index contributed by atoms with van der Waals surface area (Å²) < 4.78 is 0. The second kappa shape index (κ2) is 6.24. The van der Waals surface area contributed by atoms with Crippen molar-refractivity contribution in [3.63, 3.8) is 0 Å². The lowest BCUT2D eigenvalue weighted by Gasteiger charge is -2.34. The first kappa shape index (κ1) is 13.4. The molecule has 0 amide bonds. The lowest BCUT2D eigenvalue weighted by atomic mass is 9.96. The first-order valence-electron chi connectivity index (χ1n) is 7.31. The molecule has 1 aromatic carbocycles. The van der Waals surface area contributed by atoms with Crippen LogP contribution in [0.25, 0.3) is 0 Å². The average molecular weight is 246 g/mol. The van der Waals surface area contributed by atoms with E-state index in [1.165, 1.54) is 37.2 Å². The number of hydrogen-bond acceptors (Lipinski definition) is 2. The highest BCUT2D eigenvalue weighted by molar-refractivity contribution is 5.55. The van der Waals surface area contributed by atoms with E-state index in [2.05, 4.69) is 43.0 Å². The van der Waals surface area contributed by atoms with Gasteiger partial charge in [-0.15, -0.1) is 0 Å². The number of para-hydroxylation sites is 1. The molecule has 0 radical (unpaired) electrons. The minimum Gasteiger partial charge on any atom is -0.371 e. The topological polar surface area (TPSA) is 29.3 Å². The monoisotopic (exact) mass is 246 g/mol. The van der Waals surface area contributed by atoms with Crippen molar-refractivity contribution >= 4 is 5.69 Å². The van der Waals surface area contributed by atoms with Crippen LogP contribution in [-0.2, 0) is 0 Å². The molecule has 0 aliphatic carbocycles. The van der Waals surface area contributed by atoms with E-state index >= 15 is 0 Å². The summed E-state index contributed by atoms with van der Waals surface area (Å²) in [5.74, 6) is 0.873. The summed E-state index contributed by atoms with van der Waals surface area (Å²) in [4.78, 5) is 2.52. The van der Waals surface area contributed by atoms with Crippen LogP contribution >= 0.6 is 0 Å². The van der Waals surface area contributed by atoms with Crippen LogP contribution in [0.4, 0.5) is 5.69 Å². The zero-order valence-electron chi connectivity index (χ0n) is 11.7. The van der Waals surface area contributed by atoms with Crippen molar-refractivity contribution in [2.24, 2.45) is 11.7 Å². The van der Waals surface area contributed by atoms with Crippen molar-refractivity contribution in [1.29, 1.82) is 0 Å². The Morgan fingerprint density at radius 1 is 1.28 bits per heavy atom. The molecule has 1 heterocycles. The third-order valence-electron chi connectivity index (χ3n) is 4.06. The zero-order chi connectivity index (χ0) is 13.0. The van der Waals surface area contributed by atoms with Gasteiger partial charge in [0.25, 0.3) is 0 Å². The fourth-order valence-corrected chi connectivity index (χ4v) is 2.81. The molecule has 1 atom stereocenters. The van der Waals surface area contributed by atoms with E-state index in [1.54, 1.807) is 0 Å². The molecule has 0 spiro atoms. The van der Waals surface area contributed by atoms with E-state index in [0.29, 0.717) is 0 Å². The van der Waals surface area contributed by atoms with Gasteiger partial charge in [0.15, 0.2) is 0 Å². The molecule has 0 bridgehead atoms. The third kappa shape index (κ3) is 3.05. The number of piperidine rings is 1. The fourth-order valence-electron chi connectivity index (χ4n) is 2.81. The Hall–Kier alpha value is -1.02. The summed E-state index contributed by atoms with van der Waals surface area (Å²) in [6.45, 7) is 6.91. The fraction of sp³-hybridized carbons (Fsp3) is 0.625. The molecule has 0 aromatic heterocycles. The van der Waals surface area contributed by atoms with Gasteiger partial charge in [-0.2, -0.15) is 0 Å². The first-order chi connectivity index (χ1) is 8.72. The van der Waals surface area contributed by atoms with Gasteiger partial charge in [-0.05, 0) is 36.8 Å². The maximum atomic E-state index is 6.31. The molecule has 100 valence electrons. The lowest BCUT2D eigenvalue weighted by Crippen LogP contribution is -2.34. The summed E-state index contributed by atoms with van der Waals surface area (Å²) in [6.07, 6.45) is 4.82. The molecule has 18 heavy (non-hydrogen) atoms. The normalized spacial score (nSPS) is 18.9. The van der Waals surface area contributed by atoms with E-state index in [-0.39, 0.29) is 6.04 Å². The van der Waals surface area contributed by atoms with Crippen LogP contribution < -0.4 is 10.6 Å². The Morgan fingerprint density at radius 3 is 2.61 bits per heavy atom. The van der Waals surface area contributed by atoms with Crippen LogP contribution in [-0.4, -0.2) is 13.1 Å². The molecule has 1 aliphatic rings. The SMILES string of the molecule is CCCC(N)c1ccccc1N1CCC(C)CC1. The van der Waals surface area contributed by atoms with E-state index in [9.17, 15) is 0 Å². The Labute approximate surface area is 111 Å². The molecule has 1 aliphatic heterocycles. The Kier molecular flexibility index (Phi) is 4.65.